The van der Waals surface area contributed by atoms with Crippen LogP contribution in [0.5, 0.6) is 0 Å². The molecule has 0 aliphatic heterocycles. The average Bonchev–Trinajstić information content (AvgIpc) is 3.48. The number of hydrogen-bond donors (Lipinski definition) is 4. The van der Waals surface area contributed by atoms with Gasteiger partial charge >= 0.3 is 17.8 Å². The summed E-state index contributed by atoms with van der Waals surface area (Å²) in [7, 11) is 0. The van der Waals surface area contributed by atoms with Crippen molar-refractivity contribution in [3.63, 3.8) is 0 Å². The lowest BCUT2D eigenvalue weighted by Gasteiger charge is -2.08. The Bertz CT molecular complexity index is 904. The zero-order valence-electron chi connectivity index (χ0n) is 18.8. The Morgan fingerprint density at radius 1 is 0.969 bits per heavy atom. The second kappa shape index (κ2) is 11.7. The zero-order valence-corrected chi connectivity index (χ0v) is 19.6. The molecule has 0 saturated heterocycles. The van der Waals surface area contributed by atoms with E-state index in [0.29, 0.717) is 13.1 Å². The third kappa shape index (κ3) is 8.36. The first-order chi connectivity index (χ1) is 15.1. The number of nitrogens with one attached hydrogen (secondary N) is 4. The molecule has 4 N–H and O–H groups in total. The third-order valence-corrected chi connectivity index (χ3v) is 5.17. The molecule has 1 heterocycles. The van der Waals surface area contributed by atoms with E-state index in [-0.39, 0.29) is 28.8 Å². The Labute approximate surface area is 190 Å². The number of carbonyl (C=O) groups excluding carboxylic acids is 4. The number of carbonyl (C=O) groups is 4. The molecule has 13 heteroatoms. The van der Waals surface area contributed by atoms with Crippen molar-refractivity contribution < 1.29 is 19.2 Å². The Morgan fingerprint density at radius 2 is 1.50 bits per heavy atom. The second-order valence-electron chi connectivity index (χ2n) is 8.42. The number of thioether (sulfide) groups is 1. The summed E-state index contributed by atoms with van der Waals surface area (Å²) in [4.78, 5) is 60.3. The topological polar surface area (TPSA) is 156 Å². The van der Waals surface area contributed by atoms with Gasteiger partial charge in [0.2, 0.25) is 11.8 Å². The lowest BCUT2D eigenvalue weighted by molar-refractivity contribution is -0.121. The highest BCUT2D eigenvalue weighted by Gasteiger charge is 2.31. The van der Waals surface area contributed by atoms with Gasteiger partial charge in [-0.2, -0.15) is 0 Å². The maximum absolute atomic E-state index is 12.7. The molecule has 178 valence electrons. The van der Waals surface area contributed by atoms with Crippen molar-refractivity contribution in [2.45, 2.75) is 58.3 Å². The van der Waals surface area contributed by atoms with Crippen molar-refractivity contribution >= 4 is 35.6 Å². The van der Waals surface area contributed by atoms with E-state index in [1.54, 1.807) is 0 Å². The van der Waals surface area contributed by atoms with E-state index in [9.17, 15) is 24.0 Å². The summed E-state index contributed by atoms with van der Waals surface area (Å²) in [5.74, 6) is -0.848. The summed E-state index contributed by atoms with van der Waals surface area (Å²) in [6, 6.07) is -1.25. The summed E-state index contributed by atoms with van der Waals surface area (Å²) in [5.41, 5.74) is -0.483. The fourth-order valence-electron chi connectivity index (χ4n) is 2.52. The molecule has 0 atom stereocenters. The van der Waals surface area contributed by atoms with Gasteiger partial charge in [0.05, 0.1) is 5.75 Å². The minimum Gasteiger partial charge on any atom is -0.338 e. The van der Waals surface area contributed by atoms with Gasteiger partial charge in [-0.3, -0.25) is 24.8 Å². The predicted octanol–water partition coefficient (Wildman–Crippen LogP) is 0.435. The molecule has 0 bridgehead atoms. The monoisotopic (exact) mass is 469 g/mol. The highest BCUT2D eigenvalue weighted by molar-refractivity contribution is 7.99. The maximum atomic E-state index is 12.7. The van der Waals surface area contributed by atoms with Gasteiger partial charge in [-0.15, -0.1) is 5.10 Å². The average molecular weight is 470 g/mol. The minimum absolute atomic E-state index is 0.0337. The van der Waals surface area contributed by atoms with Crippen molar-refractivity contribution in [3.05, 3.63) is 10.5 Å². The van der Waals surface area contributed by atoms with E-state index in [2.05, 4.69) is 26.4 Å². The first-order valence-corrected chi connectivity index (χ1v) is 11.5. The molecule has 1 aliphatic rings. The summed E-state index contributed by atoms with van der Waals surface area (Å²) in [6.45, 7) is 8.13. The maximum Gasteiger partial charge on any atom is 0.347 e. The van der Waals surface area contributed by atoms with Crippen LogP contribution in [0.15, 0.2) is 9.95 Å². The molecule has 0 radical (unpaired) electrons. The number of nitrogens with zero attached hydrogens (tertiary/aromatic N) is 3. The quantitative estimate of drug-likeness (QED) is 0.362. The van der Waals surface area contributed by atoms with Crippen LogP contribution in [0.1, 0.15) is 46.6 Å². The molecular formula is C19H31N7O5S. The van der Waals surface area contributed by atoms with Crippen LogP contribution >= 0.6 is 11.8 Å². The van der Waals surface area contributed by atoms with Crippen molar-refractivity contribution in [2.75, 3.05) is 18.8 Å². The molecule has 1 saturated carbocycles. The molecule has 1 aromatic rings. The van der Waals surface area contributed by atoms with Crippen LogP contribution in [0.25, 0.3) is 0 Å². The van der Waals surface area contributed by atoms with E-state index in [4.69, 9.17) is 0 Å². The van der Waals surface area contributed by atoms with Crippen molar-refractivity contribution in [3.8, 4) is 0 Å². The van der Waals surface area contributed by atoms with Gasteiger partial charge in [-0.1, -0.05) is 39.5 Å². The Morgan fingerprint density at radius 3 is 2.00 bits per heavy atom. The lowest BCUT2D eigenvalue weighted by Crippen LogP contribution is -2.43. The summed E-state index contributed by atoms with van der Waals surface area (Å²) in [5, 5.41) is 14.0. The molecule has 6 amide bonds. The van der Waals surface area contributed by atoms with Crippen LogP contribution < -0.4 is 27.0 Å². The van der Waals surface area contributed by atoms with Gasteiger partial charge in [0.15, 0.2) is 5.16 Å². The highest BCUT2D eigenvalue weighted by atomic mass is 32.2. The SMILES string of the molecule is CC(C)CNC(=O)NC(=O)CSc1nn(CC(=O)NC(=O)NCC(C)C)c(=O)n1C1CC1. The highest BCUT2D eigenvalue weighted by Crippen LogP contribution is 2.36. The summed E-state index contributed by atoms with van der Waals surface area (Å²) >= 11 is 1.01. The number of hydrogen-bond acceptors (Lipinski definition) is 7. The molecule has 1 aromatic heterocycles. The molecule has 12 nitrogen and oxygen atoms in total. The van der Waals surface area contributed by atoms with Gasteiger partial charge in [0, 0.05) is 19.1 Å². The number of rotatable bonds is 10. The van der Waals surface area contributed by atoms with Gasteiger partial charge in [-0.25, -0.2) is 19.1 Å². The van der Waals surface area contributed by atoms with E-state index < -0.39 is 36.1 Å². The van der Waals surface area contributed by atoms with Crippen molar-refractivity contribution in [1.82, 2.24) is 35.6 Å². The molecular weight excluding hydrogens is 438 g/mol. The van der Waals surface area contributed by atoms with Crippen LogP contribution in [0.4, 0.5) is 9.59 Å². The number of urea groups is 2. The third-order valence-electron chi connectivity index (χ3n) is 4.22. The van der Waals surface area contributed by atoms with Crippen LogP contribution in [0, 0.1) is 11.8 Å². The standard InChI is InChI=1S/C19H31N7O5S/c1-11(2)7-20-16(29)22-14(27)9-25-19(31)26(13-5-6-13)18(24-25)32-10-15(28)23-17(30)21-8-12(3)4/h11-13H,5-10H2,1-4H3,(H2,20,22,27,29)(H2,21,23,28,30). The van der Waals surface area contributed by atoms with E-state index in [1.807, 2.05) is 27.7 Å². The van der Waals surface area contributed by atoms with Gasteiger partial charge < -0.3 is 10.6 Å². The zero-order chi connectivity index (χ0) is 23.8. The molecule has 1 fully saturated rings. The van der Waals surface area contributed by atoms with Gasteiger partial charge in [0.1, 0.15) is 6.54 Å². The van der Waals surface area contributed by atoms with Crippen LogP contribution in [0.3, 0.4) is 0 Å². The molecule has 0 spiro atoms. The van der Waals surface area contributed by atoms with Crippen LogP contribution in [-0.4, -0.2) is 57.1 Å². The number of amides is 6. The van der Waals surface area contributed by atoms with E-state index >= 15 is 0 Å². The minimum atomic E-state index is -0.676. The van der Waals surface area contributed by atoms with E-state index in [1.165, 1.54) is 4.57 Å². The van der Waals surface area contributed by atoms with E-state index in [0.717, 1.165) is 29.3 Å². The smallest absolute Gasteiger partial charge is 0.338 e. The number of imide groups is 2. The molecule has 0 aromatic carbocycles. The normalized spacial score (nSPS) is 13.2. The number of aromatic nitrogens is 3. The van der Waals surface area contributed by atoms with Gasteiger partial charge in [-0.05, 0) is 24.7 Å². The van der Waals surface area contributed by atoms with Gasteiger partial charge in [0.25, 0.3) is 0 Å². The Kier molecular flexibility index (Phi) is 9.29. The second-order valence-corrected chi connectivity index (χ2v) is 9.36. The first kappa shape index (κ1) is 25.4. The summed E-state index contributed by atoms with van der Waals surface area (Å²) < 4.78 is 2.42. The Hall–Kier alpha value is -2.83. The van der Waals surface area contributed by atoms with Crippen LogP contribution in [0.2, 0.25) is 0 Å². The van der Waals surface area contributed by atoms with Crippen molar-refractivity contribution in [2.24, 2.45) is 11.8 Å². The molecule has 1 aliphatic carbocycles. The summed E-state index contributed by atoms with van der Waals surface area (Å²) in [6.07, 6.45) is 1.60. The fraction of sp³-hybridized carbons (Fsp3) is 0.684. The Balaban J connectivity index is 1.95. The predicted molar refractivity (Wildman–Crippen MR) is 118 cm³/mol. The lowest BCUT2D eigenvalue weighted by atomic mass is 10.2. The molecule has 32 heavy (non-hydrogen) atoms. The fourth-order valence-corrected chi connectivity index (χ4v) is 3.38. The molecule has 0 unspecified atom stereocenters. The van der Waals surface area contributed by atoms with Crippen LogP contribution in [-0.2, 0) is 16.1 Å². The first-order valence-electron chi connectivity index (χ1n) is 10.5. The molecule has 2 rings (SSSR count). The van der Waals surface area contributed by atoms with Crippen molar-refractivity contribution in [1.29, 1.82) is 0 Å². The largest absolute Gasteiger partial charge is 0.347 e.